The lowest BCUT2D eigenvalue weighted by molar-refractivity contribution is -0.384. The number of imidazole rings is 1. The second kappa shape index (κ2) is 8.17. The largest absolute Gasteiger partial charge is 0.493 e. The zero-order chi connectivity index (χ0) is 20.3. The number of esters is 1. The Morgan fingerprint density at radius 1 is 1.36 bits per heavy atom. The van der Waals surface area contributed by atoms with Gasteiger partial charge in [-0.25, -0.2) is 4.98 Å². The normalized spacial score (nSPS) is 10.8. The van der Waals surface area contributed by atoms with Crippen LogP contribution in [-0.2, 0) is 16.0 Å². The first-order valence-electron chi connectivity index (χ1n) is 8.51. The van der Waals surface area contributed by atoms with Crippen LogP contribution in [0, 0.1) is 10.1 Å². The van der Waals surface area contributed by atoms with E-state index in [9.17, 15) is 19.7 Å². The Morgan fingerprint density at radius 2 is 2.14 bits per heavy atom. The van der Waals surface area contributed by atoms with Gasteiger partial charge in [-0.2, -0.15) is 0 Å². The summed E-state index contributed by atoms with van der Waals surface area (Å²) in [5.41, 5.74) is 0.745. The predicted molar refractivity (Wildman–Crippen MR) is 102 cm³/mol. The van der Waals surface area contributed by atoms with Crippen LogP contribution in [0.15, 0.2) is 24.4 Å². The number of nitrogens with zero attached hydrogens (tertiary/aromatic N) is 3. The molecule has 1 aromatic carbocycles. The summed E-state index contributed by atoms with van der Waals surface area (Å²) in [6.07, 6.45) is 2.36. The maximum Gasteiger partial charge on any atom is 0.311 e. The first-order chi connectivity index (χ1) is 13.5. The molecule has 0 aliphatic rings. The molecule has 3 aromatic rings. The second-order valence-electron chi connectivity index (χ2n) is 5.67. The van der Waals surface area contributed by atoms with Gasteiger partial charge in [0.25, 0.3) is 5.69 Å². The van der Waals surface area contributed by atoms with Gasteiger partial charge >= 0.3 is 5.97 Å². The molecule has 0 unspecified atom stereocenters. The van der Waals surface area contributed by atoms with E-state index in [1.165, 1.54) is 29.5 Å². The Bertz CT molecular complexity index is 1060. The molecule has 28 heavy (non-hydrogen) atoms. The number of non-ortho nitro benzene ring substituents is 1. The van der Waals surface area contributed by atoms with Crippen LogP contribution >= 0.6 is 11.3 Å². The number of carbonyl (C=O) groups is 2. The maximum atomic E-state index is 11.8. The average Bonchev–Trinajstić information content (AvgIpc) is 3.18. The molecular weight excluding hydrogens is 386 g/mol. The Kier molecular flexibility index (Phi) is 5.69. The molecule has 3 rings (SSSR count). The van der Waals surface area contributed by atoms with Crippen molar-refractivity contribution in [3.05, 3.63) is 45.1 Å². The molecule has 0 atom stereocenters. The molecule has 2 heterocycles. The van der Waals surface area contributed by atoms with Gasteiger partial charge in [-0.3, -0.25) is 24.1 Å². The Hall–Kier alpha value is -3.27. The van der Waals surface area contributed by atoms with Gasteiger partial charge in [0.05, 0.1) is 30.1 Å². The quantitative estimate of drug-likeness (QED) is 0.245. The number of ether oxygens (including phenoxy) is 2. The van der Waals surface area contributed by atoms with E-state index in [2.05, 4.69) is 4.98 Å². The van der Waals surface area contributed by atoms with E-state index in [1.807, 2.05) is 0 Å². The highest BCUT2D eigenvalue weighted by Gasteiger charge is 2.22. The number of hydrogen-bond donors (Lipinski definition) is 0. The molecule has 0 N–H and O–H groups in total. The fraction of sp³-hybridized carbons (Fsp3) is 0.278. The lowest BCUT2D eigenvalue weighted by atomic mass is 10.1. The third kappa shape index (κ3) is 3.72. The first kappa shape index (κ1) is 19.5. The summed E-state index contributed by atoms with van der Waals surface area (Å²) in [7, 11) is 0. The standard InChI is InChI=1S/C18H17N3O6S/c1-3-26-15-6-5-11(21(24)25)7-13(15)17-14(10-22)20-9-12(28-18(20)19-17)8-16(23)27-4-2/h5-7,9-10H,3-4,8H2,1-2H3. The van der Waals surface area contributed by atoms with Crippen LogP contribution in [0.25, 0.3) is 16.2 Å². The van der Waals surface area contributed by atoms with Crippen molar-refractivity contribution in [2.45, 2.75) is 20.3 Å². The van der Waals surface area contributed by atoms with Crippen LogP contribution in [0.2, 0.25) is 0 Å². The fourth-order valence-corrected chi connectivity index (χ4v) is 3.72. The Morgan fingerprint density at radius 3 is 2.79 bits per heavy atom. The van der Waals surface area contributed by atoms with Crippen molar-refractivity contribution in [3.8, 4) is 17.0 Å². The lowest BCUT2D eigenvalue weighted by Crippen LogP contribution is -2.06. The Balaban J connectivity index is 2.09. The number of nitro groups is 1. The van der Waals surface area contributed by atoms with Crippen molar-refractivity contribution in [2.24, 2.45) is 0 Å². The van der Waals surface area contributed by atoms with Crippen LogP contribution in [-0.4, -0.2) is 39.8 Å². The monoisotopic (exact) mass is 403 g/mol. The van der Waals surface area contributed by atoms with Crippen LogP contribution in [0.5, 0.6) is 5.75 Å². The molecule has 9 nitrogen and oxygen atoms in total. The number of fused-ring (bicyclic) bond motifs is 1. The second-order valence-corrected chi connectivity index (χ2v) is 6.76. The minimum atomic E-state index is -0.518. The number of thiazole rings is 1. The van der Waals surface area contributed by atoms with Gasteiger partial charge in [0.1, 0.15) is 17.1 Å². The van der Waals surface area contributed by atoms with E-state index in [0.29, 0.717) is 34.0 Å². The predicted octanol–water partition coefficient (Wildman–Crippen LogP) is 3.29. The summed E-state index contributed by atoms with van der Waals surface area (Å²) in [6.45, 7) is 4.16. The van der Waals surface area contributed by atoms with Crippen molar-refractivity contribution in [2.75, 3.05) is 13.2 Å². The number of hydrogen-bond acceptors (Lipinski definition) is 8. The van der Waals surface area contributed by atoms with Gasteiger partial charge in [-0.15, -0.1) is 11.3 Å². The summed E-state index contributed by atoms with van der Waals surface area (Å²) in [5.74, 6) is 0.0332. The van der Waals surface area contributed by atoms with E-state index >= 15 is 0 Å². The van der Waals surface area contributed by atoms with Crippen molar-refractivity contribution < 1.29 is 24.0 Å². The molecule has 0 saturated heterocycles. The number of carbonyl (C=O) groups excluding carboxylic acids is 2. The highest BCUT2D eigenvalue weighted by atomic mass is 32.1. The topological polar surface area (TPSA) is 113 Å². The average molecular weight is 403 g/mol. The molecule has 0 bridgehead atoms. The highest BCUT2D eigenvalue weighted by molar-refractivity contribution is 7.17. The lowest BCUT2D eigenvalue weighted by Gasteiger charge is -2.08. The third-order valence-electron chi connectivity index (χ3n) is 3.88. The van der Waals surface area contributed by atoms with Crippen molar-refractivity contribution >= 4 is 34.2 Å². The van der Waals surface area contributed by atoms with E-state index in [4.69, 9.17) is 9.47 Å². The molecule has 0 fully saturated rings. The molecule has 0 aliphatic heterocycles. The van der Waals surface area contributed by atoms with Gasteiger partial charge in [0.2, 0.25) is 0 Å². The van der Waals surface area contributed by atoms with E-state index < -0.39 is 4.92 Å². The van der Waals surface area contributed by atoms with E-state index in [1.54, 1.807) is 24.4 Å². The number of aldehydes is 1. The molecule has 0 radical (unpaired) electrons. The smallest absolute Gasteiger partial charge is 0.311 e. The molecule has 146 valence electrons. The minimum absolute atomic E-state index is 0.0799. The number of aromatic nitrogens is 2. The minimum Gasteiger partial charge on any atom is -0.493 e. The van der Waals surface area contributed by atoms with Gasteiger partial charge < -0.3 is 9.47 Å². The number of benzene rings is 1. The summed E-state index contributed by atoms with van der Waals surface area (Å²) < 4.78 is 12.1. The van der Waals surface area contributed by atoms with Gasteiger partial charge in [-0.05, 0) is 19.9 Å². The molecule has 2 aromatic heterocycles. The zero-order valence-electron chi connectivity index (χ0n) is 15.2. The van der Waals surface area contributed by atoms with Crippen LogP contribution in [0.4, 0.5) is 5.69 Å². The Labute approximate surface area is 163 Å². The first-order valence-corrected chi connectivity index (χ1v) is 9.33. The van der Waals surface area contributed by atoms with Crippen molar-refractivity contribution in [3.63, 3.8) is 0 Å². The summed E-state index contributed by atoms with van der Waals surface area (Å²) in [6, 6.07) is 4.17. The summed E-state index contributed by atoms with van der Waals surface area (Å²) in [5, 5.41) is 11.2. The summed E-state index contributed by atoms with van der Waals surface area (Å²) in [4.78, 5) is 39.7. The third-order valence-corrected chi connectivity index (χ3v) is 4.86. The van der Waals surface area contributed by atoms with Crippen LogP contribution in [0.3, 0.4) is 0 Å². The molecular formula is C18H17N3O6S. The van der Waals surface area contributed by atoms with Crippen molar-refractivity contribution in [1.29, 1.82) is 0 Å². The van der Waals surface area contributed by atoms with Gasteiger partial charge in [0.15, 0.2) is 11.2 Å². The van der Waals surface area contributed by atoms with E-state index in [0.717, 1.165) is 0 Å². The van der Waals surface area contributed by atoms with Crippen molar-refractivity contribution in [1.82, 2.24) is 9.38 Å². The highest BCUT2D eigenvalue weighted by Crippen LogP contribution is 2.36. The number of nitro benzene ring substituents is 1. The molecule has 0 amide bonds. The van der Waals surface area contributed by atoms with Crippen LogP contribution in [0.1, 0.15) is 29.2 Å². The molecule has 0 aliphatic carbocycles. The van der Waals surface area contributed by atoms with Crippen LogP contribution < -0.4 is 4.74 Å². The van der Waals surface area contributed by atoms with Gasteiger partial charge in [-0.1, -0.05) is 0 Å². The van der Waals surface area contributed by atoms with E-state index in [-0.39, 0.29) is 36.1 Å². The zero-order valence-corrected chi connectivity index (χ0v) is 16.0. The number of rotatable bonds is 8. The SMILES string of the molecule is CCOC(=O)Cc1cn2c(C=O)c(-c3cc([N+](=O)[O-])ccc3OCC)nc2s1. The molecule has 10 heteroatoms. The molecule has 0 spiro atoms. The maximum absolute atomic E-state index is 11.8. The summed E-state index contributed by atoms with van der Waals surface area (Å²) >= 11 is 1.24. The fourth-order valence-electron chi connectivity index (χ4n) is 2.75. The molecule has 0 saturated carbocycles. The van der Waals surface area contributed by atoms with Gasteiger partial charge in [0, 0.05) is 23.2 Å².